The van der Waals surface area contributed by atoms with E-state index >= 15 is 0 Å². The molecule has 1 aromatic heterocycles. The molecule has 6 aromatic carbocycles. The minimum Gasteiger partial charge on any atom is -0.309 e. The molecule has 0 amide bonds. The Balaban J connectivity index is 1.41. The van der Waals surface area contributed by atoms with E-state index in [2.05, 4.69) is 158 Å². The van der Waals surface area contributed by atoms with Crippen LogP contribution in [0.5, 0.6) is 0 Å². The molecule has 7 rings (SSSR count). The van der Waals surface area contributed by atoms with Crippen LogP contribution in [-0.4, -0.2) is 4.57 Å². The first-order valence-corrected chi connectivity index (χ1v) is 14.0. The van der Waals surface area contributed by atoms with Crippen LogP contribution >= 0.6 is 0 Å². The maximum absolute atomic E-state index is 2.40. The molecule has 0 aliphatic rings. The van der Waals surface area contributed by atoms with Crippen molar-refractivity contribution in [3.63, 3.8) is 0 Å². The number of nitrogens with zero attached hydrogens (tertiary/aromatic N) is 1. The number of benzene rings is 6. The molecule has 192 valence electrons. The molecule has 0 fully saturated rings. The fourth-order valence-corrected chi connectivity index (χ4v) is 6.01. The quantitative estimate of drug-likeness (QED) is 0.216. The van der Waals surface area contributed by atoms with Crippen LogP contribution in [0.4, 0.5) is 0 Å². The topological polar surface area (TPSA) is 4.93 Å². The van der Waals surface area contributed by atoms with E-state index in [0.29, 0.717) is 0 Å². The summed E-state index contributed by atoms with van der Waals surface area (Å²) in [5, 5.41) is 2.55. The Morgan fingerprint density at radius 3 is 2.00 bits per heavy atom. The van der Waals surface area contributed by atoms with Crippen molar-refractivity contribution in [2.24, 2.45) is 0 Å². The lowest BCUT2D eigenvalue weighted by atomic mass is 9.89. The largest absolute Gasteiger partial charge is 0.309 e. The second-order valence-corrected chi connectivity index (χ2v) is 10.8. The van der Waals surface area contributed by atoms with Crippen LogP contribution in [0.25, 0.3) is 49.7 Å². The van der Waals surface area contributed by atoms with Gasteiger partial charge in [-0.15, -0.1) is 0 Å². The van der Waals surface area contributed by atoms with Gasteiger partial charge in [-0.25, -0.2) is 0 Å². The highest BCUT2D eigenvalue weighted by atomic mass is 15.0. The molecule has 0 aliphatic heterocycles. The van der Waals surface area contributed by atoms with E-state index in [1.807, 2.05) is 0 Å². The summed E-state index contributed by atoms with van der Waals surface area (Å²) in [5.41, 5.74) is 14.0. The van der Waals surface area contributed by atoms with Gasteiger partial charge in [0.2, 0.25) is 0 Å². The summed E-state index contributed by atoms with van der Waals surface area (Å²) in [5.74, 6) is 0. The molecule has 0 N–H and O–H groups in total. The molecule has 1 heterocycles. The normalized spacial score (nSPS) is 11.3. The Hall–Kier alpha value is -4.88. The smallest absolute Gasteiger partial charge is 0.0541 e. The van der Waals surface area contributed by atoms with Crippen molar-refractivity contribution < 1.29 is 0 Å². The van der Waals surface area contributed by atoms with E-state index < -0.39 is 0 Å². The number of aromatic nitrogens is 1. The highest BCUT2D eigenvalue weighted by Crippen LogP contribution is 2.37. The van der Waals surface area contributed by atoms with Gasteiger partial charge in [-0.3, -0.25) is 0 Å². The predicted octanol–water partition coefficient (Wildman–Crippen LogP) is 10.3. The Morgan fingerprint density at radius 2 is 1.18 bits per heavy atom. The number of hydrogen-bond acceptors (Lipinski definition) is 0. The van der Waals surface area contributed by atoms with Crippen LogP contribution in [0.1, 0.15) is 22.3 Å². The first-order chi connectivity index (χ1) is 19.7. The average molecular weight is 514 g/mol. The second-order valence-electron chi connectivity index (χ2n) is 10.8. The third-order valence-corrected chi connectivity index (χ3v) is 8.05. The van der Waals surface area contributed by atoms with E-state index in [0.717, 1.165) is 6.42 Å². The first-order valence-electron chi connectivity index (χ1n) is 14.0. The van der Waals surface area contributed by atoms with E-state index in [4.69, 9.17) is 0 Å². The van der Waals surface area contributed by atoms with Gasteiger partial charge in [0.05, 0.1) is 11.0 Å². The molecule has 0 saturated carbocycles. The lowest BCUT2D eigenvalue weighted by molar-refractivity contribution is 1.18. The van der Waals surface area contributed by atoms with E-state index in [-0.39, 0.29) is 0 Å². The molecule has 0 spiro atoms. The molecule has 0 aliphatic carbocycles. The lowest BCUT2D eigenvalue weighted by Gasteiger charge is -2.16. The number of para-hydroxylation sites is 2. The molecule has 7 aromatic rings. The molecule has 40 heavy (non-hydrogen) atoms. The molecule has 1 heteroatoms. The van der Waals surface area contributed by atoms with Gasteiger partial charge in [-0.2, -0.15) is 0 Å². The van der Waals surface area contributed by atoms with Crippen LogP contribution in [-0.2, 0) is 6.42 Å². The molecule has 0 radical (unpaired) electrons. The predicted molar refractivity (Wildman–Crippen MR) is 170 cm³/mol. The lowest BCUT2D eigenvalue weighted by Crippen LogP contribution is -1.96. The summed E-state index contributed by atoms with van der Waals surface area (Å²) in [6.45, 7) is 4.40. The summed E-state index contributed by atoms with van der Waals surface area (Å²) in [6.07, 6.45) is 0.910. The molecule has 1 nitrogen and oxygen atoms in total. The van der Waals surface area contributed by atoms with E-state index in [1.54, 1.807) is 0 Å². The molecule has 0 saturated heterocycles. The number of rotatable bonds is 5. The van der Waals surface area contributed by atoms with Crippen molar-refractivity contribution in [3.8, 4) is 27.9 Å². The van der Waals surface area contributed by atoms with Crippen molar-refractivity contribution in [1.82, 2.24) is 4.57 Å². The third kappa shape index (κ3) is 4.30. The minimum absolute atomic E-state index is 0.910. The number of hydrogen-bond donors (Lipinski definition) is 0. The van der Waals surface area contributed by atoms with Crippen LogP contribution in [0.3, 0.4) is 0 Å². The Morgan fingerprint density at radius 1 is 0.500 bits per heavy atom. The molecule has 0 unspecified atom stereocenters. The van der Waals surface area contributed by atoms with Gasteiger partial charge in [0.1, 0.15) is 0 Å². The van der Waals surface area contributed by atoms with Gasteiger partial charge in [0, 0.05) is 16.5 Å². The van der Waals surface area contributed by atoms with Gasteiger partial charge in [-0.05, 0) is 95.6 Å². The van der Waals surface area contributed by atoms with Crippen molar-refractivity contribution in [2.75, 3.05) is 0 Å². The Bertz CT molecular complexity index is 1980. The van der Waals surface area contributed by atoms with Crippen molar-refractivity contribution in [1.29, 1.82) is 0 Å². The monoisotopic (exact) mass is 513 g/mol. The maximum atomic E-state index is 2.40. The Kier molecular flexibility index (Phi) is 6.06. The summed E-state index contributed by atoms with van der Waals surface area (Å²) < 4.78 is 2.37. The summed E-state index contributed by atoms with van der Waals surface area (Å²) in [7, 11) is 0. The highest BCUT2D eigenvalue weighted by Gasteiger charge is 2.15. The van der Waals surface area contributed by atoms with Crippen molar-refractivity contribution in [2.45, 2.75) is 20.3 Å². The molecular weight excluding hydrogens is 482 g/mol. The average Bonchev–Trinajstić information content (AvgIpc) is 3.33. The summed E-state index contributed by atoms with van der Waals surface area (Å²) in [6, 6.07) is 50.9. The second kappa shape index (κ2) is 10.0. The Labute approximate surface area is 236 Å². The van der Waals surface area contributed by atoms with Gasteiger partial charge < -0.3 is 4.57 Å². The van der Waals surface area contributed by atoms with Crippen LogP contribution in [0.15, 0.2) is 140 Å². The highest BCUT2D eigenvalue weighted by molar-refractivity contribution is 6.10. The summed E-state index contributed by atoms with van der Waals surface area (Å²) in [4.78, 5) is 0. The number of fused-ring (bicyclic) bond motifs is 3. The molecule has 0 atom stereocenters. The SMILES string of the molecule is Cc1ccc(C)c(-c2cc(-c3ccc4c(c3)c3ccccc3n4-c3ccccc3)ccc2Cc2ccccc2)c1. The molecule has 0 bridgehead atoms. The van der Waals surface area contributed by atoms with Crippen molar-refractivity contribution >= 4 is 21.8 Å². The zero-order valence-electron chi connectivity index (χ0n) is 22.9. The number of aryl methyl sites for hydroxylation is 2. The van der Waals surface area contributed by atoms with Crippen LogP contribution in [0, 0.1) is 13.8 Å². The van der Waals surface area contributed by atoms with Crippen LogP contribution < -0.4 is 0 Å². The fourth-order valence-electron chi connectivity index (χ4n) is 6.01. The van der Waals surface area contributed by atoms with Gasteiger partial charge in [-0.1, -0.05) is 109 Å². The van der Waals surface area contributed by atoms with Gasteiger partial charge in [0.15, 0.2) is 0 Å². The standard InChI is InChI=1S/C39H31N/c1-27-17-18-28(2)35(23-27)36-25-30(19-20-32(36)24-29-11-5-3-6-12-29)31-21-22-39-37(26-31)34-15-9-10-16-38(34)40(39)33-13-7-4-8-14-33/h3-23,25-26H,24H2,1-2H3. The van der Waals surface area contributed by atoms with Gasteiger partial charge in [0.25, 0.3) is 0 Å². The minimum atomic E-state index is 0.910. The maximum Gasteiger partial charge on any atom is 0.0541 e. The first kappa shape index (κ1) is 24.2. The van der Waals surface area contributed by atoms with E-state index in [1.165, 1.54) is 72.0 Å². The molecular formula is C39H31N. The fraction of sp³-hybridized carbons (Fsp3) is 0.0769. The van der Waals surface area contributed by atoms with Crippen molar-refractivity contribution in [3.05, 3.63) is 162 Å². The summed E-state index contributed by atoms with van der Waals surface area (Å²) >= 11 is 0. The zero-order valence-corrected chi connectivity index (χ0v) is 22.9. The zero-order chi connectivity index (χ0) is 27.1. The van der Waals surface area contributed by atoms with E-state index in [9.17, 15) is 0 Å². The van der Waals surface area contributed by atoms with Crippen LogP contribution in [0.2, 0.25) is 0 Å². The van der Waals surface area contributed by atoms with Gasteiger partial charge >= 0.3 is 0 Å². The third-order valence-electron chi connectivity index (χ3n) is 8.05.